The maximum atomic E-state index is 12.4. The molecule has 0 aliphatic carbocycles. The summed E-state index contributed by atoms with van der Waals surface area (Å²) < 4.78 is 33.0. The number of ether oxygens (including phenoxy) is 1. The molecular weight excluding hydrogens is 302 g/mol. The molecule has 1 aromatic rings. The number of aliphatic hydroxyl groups is 1. The smallest absolute Gasteiger partial charge is 0.240 e. The molecule has 0 aliphatic rings. The van der Waals surface area contributed by atoms with Gasteiger partial charge in [0.25, 0.3) is 0 Å². The maximum Gasteiger partial charge on any atom is 0.240 e. The van der Waals surface area contributed by atoms with E-state index in [0.29, 0.717) is 13.0 Å². The van der Waals surface area contributed by atoms with Crippen molar-refractivity contribution in [2.75, 3.05) is 13.2 Å². The van der Waals surface area contributed by atoms with Crippen molar-refractivity contribution in [1.29, 1.82) is 0 Å². The van der Waals surface area contributed by atoms with Crippen LogP contribution in [-0.4, -0.2) is 32.8 Å². The molecule has 2 N–H and O–H groups in total. The van der Waals surface area contributed by atoms with Crippen LogP contribution in [0, 0.1) is 0 Å². The van der Waals surface area contributed by atoms with Gasteiger partial charge in [0.15, 0.2) is 0 Å². The van der Waals surface area contributed by atoms with Crippen molar-refractivity contribution in [3.8, 4) is 5.75 Å². The highest BCUT2D eigenvalue weighted by Crippen LogP contribution is 2.31. The fourth-order valence-corrected chi connectivity index (χ4v) is 3.47. The van der Waals surface area contributed by atoms with Crippen LogP contribution in [0.25, 0.3) is 0 Å². The van der Waals surface area contributed by atoms with Gasteiger partial charge in [-0.2, -0.15) is 0 Å². The van der Waals surface area contributed by atoms with Gasteiger partial charge in [-0.1, -0.05) is 20.8 Å². The lowest BCUT2D eigenvalue weighted by atomic mass is 9.98. The number of sulfonamides is 1. The molecule has 0 amide bonds. The van der Waals surface area contributed by atoms with Gasteiger partial charge >= 0.3 is 0 Å². The number of rotatable bonds is 9. The lowest BCUT2D eigenvalue weighted by Gasteiger charge is -2.18. The zero-order chi connectivity index (χ0) is 16.8. The predicted molar refractivity (Wildman–Crippen MR) is 87.8 cm³/mol. The molecule has 126 valence electrons. The van der Waals surface area contributed by atoms with E-state index in [-0.39, 0.29) is 17.4 Å². The van der Waals surface area contributed by atoms with E-state index in [0.717, 1.165) is 17.7 Å². The van der Waals surface area contributed by atoms with Crippen LogP contribution in [0.2, 0.25) is 0 Å². The molecule has 2 atom stereocenters. The summed E-state index contributed by atoms with van der Waals surface area (Å²) in [6, 6.07) is 4.46. The van der Waals surface area contributed by atoms with Gasteiger partial charge in [-0.3, -0.25) is 0 Å². The van der Waals surface area contributed by atoms with Gasteiger partial charge in [0.05, 0.1) is 18.1 Å². The zero-order valence-corrected chi connectivity index (χ0v) is 14.6. The third-order valence-electron chi connectivity index (χ3n) is 3.77. The minimum Gasteiger partial charge on any atom is -0.494 e. The van der Waals surface area contributed by atoms with Crippen LogP contribution < -0.4 is 9.46 Å². The molecule has 6 heteroatoms. The molecule has 5 nitrogen and oxygen atoms in total. The first-order valence-corrected chi connectivity index (χ1v) is 9.27. The molecule has 0 aliphatic heterocycles. The highest BCUT2D eigenvalue weighted by molar-refractivity contribution is 7.89. The van der Waals surface area contributed by atoms with Crippen LogP contribution >= 0.6 is 0 Å². The Morgan fingerprint density at radius 1 is 1.23 bits per heavy atom. The first-order valence-electron chi connectivity index (χ1n) is 7.79. The van der Waals surface area contributed by atoms with Crippen molar-refractivity contribution in [2.45, 2.75) is 57.4 Å². The average Bonchev–Trinajstić information content (AvgIpc) is 2.52. The topological polar surface area (TPSA) is 75.6 Å². The molecule has 0 aromatic heterocycles. The van der Waals surface area contributed by atoms with Gasteiger partial charge in [0, 0.05) is 6.04 Å². The van der Waals surface area contributed by atoms with E-state index in [1.165, 1.54) is 0 Å². The summed E-state index contributed by atoms with van der Waals surface area (Å²) in [7, 11) is -3.65. The molecule has 0 saturated heterocycles. The summed E-state index contributed by atoms with van der Waals surface area (Å²) in [5.41, 5.74) is 0.893. The lowest BCUT2D eigenvalue weighted by molar-refractivity contribution is 0.254. The highest BCUT2D eigenvalue weighted by Gasteiger charge is 2.21. The molecule has 1 rings (SSSR count). The largest absolute Gasteiger partial charge is 0.494 e. The first kappa shape index (κ1) is 18.9. The summed E-state index contributed by atoms with van der Waals surface area (Å²) in [5.74, 6) is 0.932. The number of nitrogens with one attached hydrogen (secondary N) is 1. The molecule has 0 saturated carbocycles. The Kier molecular flexibility index (Phi) is 7.32. The molecule has 22 heavy (non-hydrogen) atoms. The van der Waals surface area contributed by atoms with Gasteiger partial charge in [0.2, 0.25) is 10.0 Å². The maximum absolute atomic E-state index is 12.4. The molecule has 1 aromatic carbocycles. The molecule has 0 unspecified atom stereocenters. The van der Waals surface area contributed by atoms with Gasteiger partial charge < -0.3 is 9.84 Å². The first-order chi connectivity index (χ1) is 10.4. The Labute approximate surface area is 133 Å². The van der Waals surface area contributed by atoms with Crippen molar-refractivity contribution < 1.29 is 18.3 Å². The fraction of sp³-hybridized carbons (Fsp3) is 0.625. The Bertz CT molecular complexity index is 568. The van der Waals surface area contributed by atoms with E-state index in [4.69, 9.17) is 4.74 Å². The number of aliphatic hydroxyl groups excluding tert-OH is 1. The Morgan fingerprint density at radius 2 is 1.91 bits per heavy atom. The minimum absolute atomic E-state index is 0.205. The molecule has 0 fully saturated rings. The Balaban J connectivity index is 3.19. The minimum atomic E-state index is -3.65. The van der Waals surface area contributed by atoms with Crippen molar-refractivity contribution in [3.63, 3.8) is 0 Å². The number of hydrogen-bond donors (Lipinski definition) is 2. The average molecular weight is 329 g/mol. The third-order valence-corrected chi connectivity index (χ3v) is 5.29. The Hall–Kier alpha value is -1.11. The van der Waals surface area contributed by atoms with Crippen molar-refractivity contribution in [3.05, 3.63) is 23.8 Å². The van der Waals surface area contributed by atoms with E-state index < -0.39 is 16.1 Å². The van der Waals surface area contributed by atoms with E-state index in [1.807, 2.05) is 20.8 Å². The molecular formula is C16H27NO4S. The molecule has 0 heterocycles. The second-order valence-electron chi connectivity index (χ2n) is 5.35. The number of benzene rings is 1. The number of hydrogen-bond acceptors (Lipinski definition) is 4. The van der Waals surface area contributed by atoms with Crippen LogP contribution in [0.1, 0.15) is 52.0 Å². The summed E-state index contributed by atoms with van der Waals surface area (Å²) in [5, 5.41) is 9.18. The SMILES string of the molecule is CCOc1ccc(S(=O)(=O)N[C@@H](CC)CO)cc1[C@@H](C)CC. The highest BCUT2D eigenvalue weighted by atomic mass is 32.2. The summed E-state index contributed by atoms with van der Waals surface area (Å²) in [6.07, 6.45) is 1.43. The van der Waals surface area contributed by atoms with Gasteiger partial charge in [0.1, 0.15) is 5.75 Å². The Morgan fingerprint density at radius 3 is 2.41 bits per heavy atom. The quantitative estimate of drug-likeness (QED) is 0.730. The van der Waals surface area contributed by atoms with Crippen molar-refractivity contribution in [2.24, 2.45) is 0 Å². The summed E-state index contributed by atoms with van der Waals surface area (Å²) >= 11 is 0. The van der Waals surface area contributed by atoms with E-state index in [2.05, 4.69) is 11.6 Å². The van der Waals surface area contributed by atoms with Crippen molar-refractivity contribution >= 4 is 10.0 Å². The molecule has 0 spiro atoms. The summed E-state index contributed by atoms with van der Waals surface area (Å²) in [4.78, 5) is 0.207. The zero-order valence-electron chi connectivity index (χ0n) is 13.8. The normalized spacial score (nSPS) is 14.6. The van der Waals surface area contributed by atoms with Crippen LogP contribution in [0.3, 0.4) is 0 Å². The standard InChI is InChI=1S/C16H27NO4S/c1-5-12(4)15-10-14(8-9-16(15)21-7-3)22(19,20)17-13(6-2)11-18/h8-10,12-13,17-18H,5-7,11H2,1-4H3/t12-,13-/m0/s1. The second-order valence-corrected chi connectivity index (χ2v) is 7.06. The van der Waals surface area contributed by atoms with E-state index in [1.54, 1.807) is 18.2 Å². The van der Waals surface area contributed by atoms with Crippen LogP contribution in [0.5, 0.6) is 5.75 Å². The third kappa shape index (κ3) is 4.69. The monoisotopic (exact) mass is 329 g/mol. The molecule has 0 radical (unpaired) electrons. The van der Waals surface area contributed by atoms with Crippen LogP contribution in [-0.2, 0) is 10.0 Å². The van der Waals surface area contributed by atoms with E-state index >= 15 is 0 Å². The van der Waals surface area contributed by atoms with E-state index in [9.17, 15) is 13.5 Å². The van der Waals surface area contributed by atoms with Crippen LogP contribution in [0.15, 0.2) is 23.1 Å². The van der Waals surface area contributed by atoms with Crippen LogP contribution in [0.4, 0.5) is 0 Å². The van der Waals surface area contributed by atoms with Gasteiger partial charge in [-0.15, -0.1) is 0 Å². The van der Waals surface area contributed by atoms with Crippen molar-refractivity contribution in [1.82, 2.24) is 4.72 Å². The van der Waals surface area contributed by atoms with Gasteiger partial charge in [-0.25, -0.2) is 13.1 Å². The second kappa shape index (κ2) is 8.50. The van der Waals surface area contributed by atoms with Gasteiger partial charge in [-0.05, 0) is 49.4 Å². The molecule has 0 bridgehead atoms. The fourth-order valence-electron chi connectivity index (χ4n) is 2.12. The lowest BCUT2D eigenvalue weighted by Crippen LogP contribution is -2.36. The predicted octanol–water partition coefficient (Wildman–Crippen LogP) is 2.65. The summed E-state index contributed by atoms with van der Waals surface area (Å²) in [6.45, 7) is 8.15.